The van der Waals surface area contributed by atoms with Crippen LogP contribution in [0.4, 0.5) is 0 Å². The molecule has 0 aromatic carbocycles. The van der Waals surface area contributed by atoms with Crippen LogP contribution in [0.3, 0.4) is 0 Å². The molecule has 0 radical (unpaired) electrons. The average Bonchev–Trinajstić information content (AvgIpc) is 3.40. The molecule has 32 heavy (non-hydrogen) atoms. The van der Waals surface area contributed by atoms with E-state index in [1.807, 2.05) is 11.8 Å². The molecule has 4 heterocycles. The van der Waals surface area contributed by atoms with E-state index in [4.69, 9.17) is 14.5 Å². The number of fused-ring (bicyclic) bond motifs is 3. The van der Waals surface area contributed by atoms with Gasteiger partial charge >= 0.3 is 0 Å². The molecule has 0 bridgehead atoms. The van der Waals surface area contributed by atoms with Gasteiger partial charge in [0.05, 0.1) is 23.8 Å². The zero-order valence-electron chi connectivity index (χ0n) is 18.4. The number of aromatic nitrogens is 2. The minimum absolute atomic E-state index is 0.00751. The summed E-state index contributed by atoms with van der Waals surface area (Å²) in [5, 5.41) is 1.02. The summed E-state index contributed by atoms with van der Waals surface area (Å²) in [5.41, 5.74) is 1.18. The highest BCUT2D eigenvalue weighted by Gasteiger charge is 2.41. The fraction of sp³-hybridized carbons (Fsp3) is 0.609. The Morgan fingerprint density at radius 2 is 2.00 bits per heavy atom. The molecule has 1 aliphatic carbocycles. The van der Waals surface area contributed by atoms with Crippen LogP contribution in [-0.4, -0.2) is 57.7 Å². The van der Waals surface area contributed by atoms with Crippen LogP contribution in [-0.2, 0) is 33.7 Å². The van der Waals surface area contributed by atoms with Crippen molar-refractivity contribution in [1.82, 2.24) is 14.5 Å². The minimum atomic E-state index is -0.498. The second kappa shape index (κ2) is 8.93. The Kier molecular flexibility index (Phi) is 6.17. The maximum absolute atomic E-state index is 13.4. The molecule has 1 atom stereocenters. The average molecular weight is 476 g/mol. The van der Waals surface area contributed by atoms with Gasteiger partial charge in [0.15, 0.2) is 10.9 Å². The van der Waals surface area contributed by atoms with E-state index in [0.29, 0.717) is 50.8 Å². The van der Waals surface area contributed by atoms with Gasteiger partial charge in [-0.25, -0.2) is 4.98 Å². The molecule has 2 fully saturated rings. The maximum atomic E-state index is 13.4. The molecule has 7 nitrogen and oxygen atoms in total. The van der Waals surface area contributed by atoms with E-state index in [-0.39, 0.29) is 16.7 Å². The van der Waals surface area contributed by atoms with Crippen molar-refractivity contribution in [2.45, 2.75) is 68.2 Å². The third kappa shape index (κ3) is 3.93. The molecule has 1 amide bonds. The zero-order valence-corrected chi connectivity index (χ0v) is 20.1. The number of carbonyl (C=O) groups is 1. The van der Waals surface area contributed by atoms with Crippen LogP contribution >= 0.6 is 23.1 Å². The highest BCUT2D eigenvalue weighted by atomic mass is 32.2. The number of aryl methyl sites for hydroxylation is 2. The summed E-state index contributed by atoms with van der Waals surface area (Å²) < 4.78 is 13.2. The second-order valence-electron chi connectivity index (χ2n) is 8.68. The standard InChI is InChI=1S/C23H29N3O4S2/c1-3-10-26-21(28)18-16-6-4-5-7-17(16)32-19(18)24-22(26)31-15(2)20(27)25-11-8-23(9-12-25)29-13-14-30-23/h3,15H,1,4-14H2,2H3. The molecule has 1 spiro atoms. The summed E-state index contributed by atoms with van der Waals surface area (Å²) in [7, 11) is 0. The Balaban J connectivity index is 1.38. The van der Waals surface area contributed by atoms with E-state index in [2.05, 4.69) is 6.58 Å². The van der Waals surface area contributed by atoms with Crippen molar-refractivity contribution in [2.24, 2.45) is 0 Å². The van der Waals surface area contributed by atoms with E-state index in [9.17, 15) is 9.59 Å². The van der Waals surface area contributed by atoms with E-state index in [1.165, 1.54) is 28.6 Å². The minimum Gasteiger partial charge on any atom is -0.347 e. The molecule has 172 valence electrons. The number of thiophene rings is 1. The van der Waals surface area contributed by atoms with Gasteiger partial charge in [-0.05, 0) is 38.2 Å². The summed E-state index contributed by atoms with van der Waals surface area (Å²) in [4.78, 5) is 35.4. The Bertz CT molecular complexity index is 1090. The number of hydrogen-bond acceptors (Lipinski definition) is 7. The molecule has 9 heteroatoms. The van der Waals surface area contributed by atoms with Gasteiger partial charge in [-0.15, -0.1) is 17.9 Å². The normalized spacial score (nSPS) is 21.1. The van der Waals surface area contributed by atoms with E-state index in [0.717, 1.165) is 29.5 Å². The molecular weight excluding hydrogens is 446 g/mol. The van der Waals surface area contributed by atoms with Crippen LogP contribution < -0.4 is 5.56 Å². The van der Waals surface area contributed by atoms with Gasteiger partial charge in [-0.2, -0.15) is 0 Å². The zero-order chi connectivity index (χ0) is 22.3. The quantitative estimate of drug-likeness (QED) is 0.375. The van der Waals surface area contributed by atoms with Crippen molar-refractivity contribution >= 4 is 39.2 Å². The van der Waals surface area contributed by atoms with Crippen LogP contribution in [0.15, 0.2) is 22.6 Å². The van der Waals surface area contributed by atoms with Crippen molar-refractivity contribution in [1.29, 1.82) is 0 Å². The summed E-state index contributed by atoms with van der Waals surface area (Å²) >= 11 is 3.01. The number of carbonyl (C=O) groups excluding carboxylic acids is 1. The van der Waals surface area contributed by atoms with E-state index < -0.39 is 5.79 Å². The lowest BCUT2D eigenvalue weighted by molar-refractivity contribution is -0.187. The molecular formula is C23H29N3O4S2. The Hall–Kier alpha value is -1.68. The number of thioether (sulfide) groups is 1. The monoisotopic (exact) mass is 475 g/mol. The second-order valence-corrected chi connectivity index (χ2v) is 11.1. The first-order valence-corrected chi connectivity index (χ1v) is 13.1. The van der Waals surface area contributed by atoms with Gasteiger partial charge in [0.1, 0.15) is 4.83 Å². The van der Waals surface area contributed by atoms with E-state index in [1.54, 1.807) is 22.0 Å². The third-order valence-electron chi connectivity index (χ3n) is 6.63. The van der Waals surface area contributed by atoms with Crippen molar-refractivity contribution in [3.8, 4) is 0 Å². The third-order valence-corrected chi connectivity index (χ3v) is 8.90. The lowest BCUT2D eigenvalue weighted by atomic mass is 9.97. The molecule has 2 aliphatic heterocycles. The van der Waals surface area contributed by atoms with Gasteiger partial charge in [0.25, 0.3) is 5.56 Å². The van der Waals surface area contributed by atoms with E-state index >= 15 is 0 Å². The smallest absolute Gasteiger partial charge is 0.263 e. The molecule has 3 aliphatic rings. The van der Waals surface area contributed by atoms with Gasteiger partial charge in [0.2, 0.25) is 5.91 Å². The SMILES string of the molecule is C=CCn1c(SC(C)C(=O)N2CCC3(CC2)OCCO3)nc2sc3c(c2c1=O)CCCC3. The molecule has 2 aromatic heterocycles. The number of nitrogens with zero attached hydrogens (tertiary/aromatic N) is 3. The predicted molar refractivity (Wildman–Crippen MR) is 126 cm³/mol. The number of hydrogen-bond donors (Lipinski definition) is 0. The first kappa shape index (κ1) is 22.1. The highest BCUT2D eigenvalue weighted by Crippen LogP contribution is 2.36. The summed E-state index contributed by atoms with van der Waals surface area (Å²) in [6.07, 6.45) is 7.38. The molecule has 0 saturated carbocycles. The first-order valence-electron chi connectivity index (χ1n) is 11.4. The number of piperidine rings is 1. The van der Waals surface area contributed by atoms with Crippen LogP contribution in [0.2, 0.25) is 0 Å². The van der Waals surface area contributed by atoms with Crippen molar-refractivity contribution in [3.05, 3.63) is 33.4 Å². The van der Waals surface area contributed by atoms with Crippen LogP contribution in [0, 0.1) is 0 Å². The van der Waals surface area contributed by atoms with Crippen LogP contribution in [0.5, 0.6) is 0 Å². The predicted octanol–water partition coefficient (Wildman–Crippen LogP) is 3.37. The van der Waals surface area contributed by atoms with Gasteiger partial charge in [-0.3, -0.25) is 14.2 Å². The molecule has 5 rings (SSSR count). The van der Waals surface area contributed by atoms with Gasteiger partial charge in [-0.1, -0.05) is 17.8 Å². The largest absolute Gasteiger partial charge is 0.347 e. The van der Waals surface area contributed by atoms with Crippen LogP contribution in [0.1, 0.15) is 43.0 Å². The molecule has 2 saturated heterocycles. The molecule has 1 unspecified atom stereocenters. The molecule has 0 N–H and O–H groups in total. The Morgan fingerprint density at radius 3 is 2.72 bits per heavy atom. The van der Waals surface area contributed by atoms with Crippen molar-refractivity contribution in [3.63, 3.8) is 0 Å². The van der Waals surface area contributed by atoms with Crippen molar-refractivity contribution < 1.29 is 14.3 Å². The summed E-state index contributed by atoms with van der Waals surface area (Å²) in [6, 6.07) is 0. The van der Waals surface area contributed by atoms with Crippen molar-refractivity contribution in [2.75, 3.05) is 26.3 Å². The summed E-state index contributed by atoms with van der Waals surface area (Å²) in [6.45, 7) is 8.59. The first-order chi connectivity index (χ1) is 15.5. The fourth-order valence-electron chi connectivity index (χ4n) is 4.92. The molecule has 2 aromatic rings. The van der Waals surface area contributed by atoms with Gasteiger partial charge in [0, 0.05) is 37.4 Å². The number of ether oxygens (including phenoxy) is 2. The highest BCUT2D eigenvalue weighted by molar-refractivity contribution is 8.00. The van der Waals surface area contributed by atoms with Crippen LogP contribution in [0.25, 0.3) is 10.2 Å². The fourth-order valence-corrected chi connectivity index (χ4v) is 7.22. The Morgan fingerprint density at radius 1 is 1.28 bits per heavy atom. The lowest BCUT2D eigenvalue weighted by Gasteiger charge is -2.38. The summed E-state index contributed by atoms with van der Waals surface area (Å²) in [5.74, 6) is -0.435. The number of likely N-dealkylation sites (tertiary alicyclic amines) is 1. The number of amides is 1. The number of allylic oxidation sites excluding steroid dienone is 1. The lowest BCUT2D eigenvalue weighted by Crippen LogP contribution is -2.49. The number of rotatable bonds is 5. The maximum Gasteiger partial charge on any atom is 0.263 e. The van der Waals surface area contributed by atoms with Gasteiger partial charge < -0.3 is 14.4 Å². The topological polar surface area (TPSA) is 73.7 Å². The Labute approximate surface area is 195 Å².